The molecule has 3 rings (SSSR count). The van der Waals surface area contributed by atoms with Crippen molar-refractivity contribution in [2.45, 2.75) is 6.04 Å². The minimum atomic E-state index is -0.880. The van der Waals surface area contributed by atoms with E-state index in [1.165, 1.54) is 7.11 Å². The summed E-state index contributed by atoms with van der Waals surface area (Å²) in [5.41, 5.74) is 0.649. The Balaban J connectivity index is 1.71. The molecule has 0 amide bonds. The van der Waals surface area contributed by atoms with Gasteiger partial charge in [0, 0.05) is 50.8 Å². The lowest BCUT2D eigenvalue weighted by molar-refractivity contribution is -0.143. The minimum Gasteiger partial charge on any atom is -0.481 e. The Morgan fingerprint density at radius 2 is 1.96 bits per heavy atom. The van der Waals surface area contributed by atoms with E-state index >= 15 is 0 Å². The molecule has 0 aliphatic carbocycles. The van der Waals surface area contributed by atoms with Gasteiger partial charge in [0.15, 0.2) is 0 Å². The van der Waals surface area contributed by atoms with Gasteiger partial charge in [-0.15, -0.1) is 0 Å². The second kappa shape index (κ2) is 7.22. The molecule has 2 aromatic rings. The molecule has 0 spiro atoms. The third kappa shape index (κ3) is 3.43. The lowest BCUT2D eigenvalue weighted by Gasteiger charge is -2.38. The molecule has 1 unspecified atom stereocenters. The van der Waals surface area contributed by atoms with Crippen LogP contribution in [0.1, 0.15) is 11.6 Å². The van der Waals surface area contributed by atoms with Crippen LogP contribution in [0.5, 0.6) is 5.88 Å². The summed E-state index contributed by atoms with van der Waals surface area (Å²) in [6, 6.07) is 2.72. The number of hydrogen-bond acceptors (Lipinski definition) is 7. The number of methoxy groups -OCH3 is 1. The molecule has 2 aromatic heterocycles. The molecule has 0 saturated carbocycles. The number of nitrogens with zero attached hydrogens (tertiary/aromatic N) is 5. The van der Waals surface area contributed by atoms with Gasteiger partial charge in [-0.05, 0) is 11.6 Å². The van der Waals surface area contributed by atoms with Crippen LogP contribution >= 0.6 is 0 Å². The fourth-order valence-corrected chi connectivity index (χ4v) is 2.85. The first-order chi connectivity index (χ1) is 11.7. The average Bonchev–Trinajstić information content (AvgIpc) is 2.63. The molecular formula is C16H19N5O3. The number of anilines is 1. The molecule has 1 atom stereocenters. The number of rotatable bonds is 5. The smallest absolute Gasteiger partial charge is 0.325 e. The van der Waals surface area contributed by atoms with E-state index in [9.17, 15) is 9.90 Å². The molecule has 24 heavy (non-hydrogen) atoms. The fourth-order valence-electron chi connectivity index (χ4n) is 2.85. The zero-order chi connectivity index (χ0) is 16.9. The van der Waals surface area contributed by atoms with Gasteiger partial charge in [-0.3, -0.25) is 14.7 Å². The van der Waals surface area contributed by atoms with E-state index in [0.29, 0.717) is 37.6 Å². The van der Waals surface area contributed by atoms with Crippen molar-refractivity contribution < 1.29 is 14.6 Å². The van der Waals surface area contributed by atoms with Gasteiger partial charge in [-0.25, -0.2) is 9.97 Å². The Labute approximate surface area is 139 Å². The number of aromatic nitrogens is 3. The van der Waals surface area contributed by atoms with E-state index < -0.39 is 12.0 Å². The Morgan fingerprint density at radius 1 is 1.17 bits per heavy atom. The molecule has 0 radical (unpaired) electrons. The van der Waals surface area contributed by atoms with E-state index in [1.807, 2.05) is 4.90 Å². The van der Waals surface area contributed by atoms with Crippen LogP contribution in [0.2, 0.25) is 0 Å². The molecule has 126 valence electrons. The topological polar surface area (TPSA) is 91.7 Å². The van der Waals surface area contributed by atoms with Gasteiger partial charge in [0.2, 0.25) is 5.88 Å². The summed E-state index contributed by atoms with van der Waals surface area (Å²) < 4.78 is 5.03. The van der Waals surface area contributed by atoms with Crippen LogP contribution in [-0.4, -0.2) is 64.2 Å². The first-order valence-corrected chi connectivity index (χ1v) is 7.67. The van der Waals surface area contributed by atoms with Crippen molar-refractivity contribution >= 4 is 11.8 Å². The van der Waals surface area contributed by atoms with Crippen LogP contribution in [0.3, 0.4) is 0 Å². The van der Waals surface area contributed by atoms with E-state index in [-0.39, 0.29) is 0 Å². The molecule has 8 heteroatoms. The molecule has 0 bridgehead atoms. The number of carboxylic acids is 1. The molecule has 0 aromatic carbocycles. The van der Waals surface area contributed by atoms with Gasteiger partial charge in [0.05, 0.1) is 13.3 Å². The maximum atomic E-state index is 11.8. The maximum absolute atomic E-state index is 11.8. The summed E-state index contributed by atoms with van der Waals surface area (Å²) in [5.74, 6) is 0.403. The largest absolute Gasteiger partial charge is 0.481 e. The minimum absolute atomic E-state index is 0.468. The average molecular weight is 329 g/mol. The van der Waals surface area contributed by atoms with Crippen molar-refractivity contribution in [2.75, 3.05) is 38.2 Å². The number of piperazine rings is 1. The number of hydrogen-bond donors (Lipinski definition) is 1. The molecule has 1 N–H and O–H groups in total. The van der Waals surface area contributed by atoms with E-state index in [2.05, 4.69) is 19.9 Å². The second-order valence-electron chi connectivity index (χ2n) is 5.46. The van der Waals surface area contributed by atoms with Crippen LogP contribution in [0.15, 0.2) is 36.9 Å². The fraction of sp³-hybridized carbons (Fsp3) is 0.375. The van der Waals surface area contributed by atoms with Crippen molar-refractivity contribution in [3.8, 4) is 5.88 Å². The monoisotopic (exact) mass is 329 g/mol. The maximum Gasteiger partial charge on any atom is 0.325 e. The van der Waals surface area contributed by atoms with Crippen LogP contribution in [0.25, 0.3) is 0 Å². The zero-order valence-corrected chi connectivity index (χ0v) is 13.4. The molecule has 1 fully saturated rings. The normalized spacial score (nSPS) is 16.6. The first-order valence-electron chi connectivity index (χ1n) is 7.67. The van der Waals surface area contributed by atoms with Gasteiger partial charge < -0.3 is 14.7 Å². The predicted molar refractivity (Wildman–Crippen MR) is 87.0 cm³/mol. The van der Waals surface area contributed by atoms with Crippen LogP contribution in [0, 0.1) is 0 Å². The van der Waals surface area contributed by atoms with Crippen molar-refractivity contribution in [2.24, 2.45) is 0 Å². The summed E-state index contributed by atoms with van der Waals surface area (Å²) in [4.78, 5) is 28.3. The second-order valence-corrected chi connectivity index (χ2v) is 5.46. The predicted octanol–water partition coefficient (Wildman–Crippen LogP) is 0.828. The number of carbonyl (C=O) groups is 1. The summed E-state index contributed by atoms with van der Waals surface area (Å²) in [5, 5.41) is 9.65. The van der Waals surface area contributed by atoms with Crippen molar-refractivity contribution in [1.82, 2.24) is 19.9 Å². The molecule has 1 saturated heterocycles. The molecule has 8 nitrogen and oxygen atoms in total. The Kier molecular flexibility index (Phi) is 4.85. The van der Waals surface area contributed by atoms with Crippen molar-refractivity contribution in [1.29, 1.82) is 0 Å². The lowest BCUT2D eigenvalue weighted by atomic mass is 10.1. The highest BCUT2D eigenvalue weighted by Crippen LogP contribution is 2.24. The van der Waals surface area contributed by atoms with Crippen molar-refractivity contribution in [3.63, 3.8) is 0 Å². The van der Waals surface area contributed by atoms with E-state index in [4.69, 9.17) is 4.74 Å². The Morgan fingerprint density at radius 3 is 2.50 bits per heavy atom. The highest BCUT2D eigenvalue weighted by Gasteiger charge is 2.30. The highest BCUT2D eigenvalue weighted by molar-refractivity contribution is 5.75. The quantitative estimate of drug-likeness (QED) is 0.862. The number of aliphatic carboxylic acids is 1. The summed E-state index contributed by atoms with van der Waals surface area (Å²) in [7, 11) is 1.53. The summed E-state index contributed by atoms with van der Waals surface area (Å²) >= 11 is 0. The van der Waals surface area contributed by atoms with Gasteiger partial charge in [-0.2, -0.15) is 0 Å². The van der Waals surface area contributed by atoms with Crippen LogP contribution in [0.4, 0.5) is 5.82 Å². The van der Waals surface area contributed by atoms with Crippen LogP contribution in [-0.2, 0) is 4.79 Å². The SMILES string of the molecule is COc1ccc(C(C(=O)O)N2CCN(c3cnccn3)CC2)cn1. The van der Waals surface area contributed by atoms with Crippen molar-refractivity contribution in [3.05, 3.63) is 42.5 Å². The van der Waals surface area contributed by atoms with Crippen LogP contribution < -0.4 is 9.64 Å². The molecular weight excluding hydrogens is 310 g/mol. The third-order valence-corrected chi connectivity index (χ3v) is 4.07. The van der Waals surface area contributed by atoms with Gasteiger partial charge in [-0.1, -0.05) is 0 Å². The first kappa shape index (κ1) is 16.1. The number of pyridine rings is 1. The summed E-state index contributed by atoms with van der Waals surface area (Å²) in [6.45, 7) is 2.65. The van der Waals surface area contributed by atoms with Gasteiger partial charge in [0.25, 0.3) is 0 Å². The van der Waals surface area contributed by atoms with E-state index in [0.717, 1.165) is 5.82 Å². The molecule has 1 aliphatic rings. The third-order valence-electron chi connectivity index (χ3n) is 4.07. The van der Waals surface area contributed by atoms with E-state index in [1.54, 1.807) is 36.9 Å². The Bertz CT molecular complexity index is 672. The number of carboxylic acid groups (broad SMARTS) is 1. The Hall–Kier alpha value is -2.74. The zero-order valence-electron chi connectivity index (χ0n) is 13.4. The molecule has 3 heterocycles. The molecule has 1 aliphatic heterocycles. The number of ether oxygens (including phenoxy) is 1. The van der Waals surface area contributed by atoms with Gasteiger partial charge in [0.1, 0.15) is 11.9 Å². The van der Waals surface area contributed by atoms with Gasteiger partial charge >= 0.3 is 5.97 Å². The summed E-state index contributed by atoms with van der Waals surface area (Å²) in [6.07, 6.45) is 6.58. The lowest BCUT2D eigenvalue weighted by Crippen LogP contribution is -2.49. The standard InChI is InChI=1S/C16H19N5O3/c1-24-14-3-2-12(10-19-14)15(16(22)23)21-8-6-20(7-9-21)13-11-17-4-5-18-13/h2-5,10-11,15H,6-9H2,1H3,(H,22,23). The highest BCUT2D eigenvalue weighted by atomic mass is 16.5.